The molecule has 6 atom stereocenters. The van der Waals surface area contributed by atoms with Gasteiger partial charge in [-0.05, 0) is 86.7 Å². The molecule has 3 fully saturated rings. The monoisotopic (exact) mass is 803 g/mol. The zero-order valence-corrected chi connectivity index (χ0v) is 35.6. The van der Waals surface area contributed by atoms with E-state index in [9.17, 15) is 28.8 Å². The van der Waals surface area contributed by atoms with E-state index < -0.39 is 24.2 Å². The van der Waals surface area contributed by atoms with Crippen LogP contribution in [0, 0.1) is 16.7 Å². The fraction of sp³-hybridized carbons (Fsp3) is 0.600. The molecular weight excluding hydrogens is 739 g/mol. The maximum Gasteiger partial charge on any atom is 0.251 e. The molecule has 2 aromatic rings. The summed E-state index contributed by atoms with van der Waals surface area (Å²) in [6.45, 7) is 18.9. The molecule has 4 N–H and O–H groups in total. The van der Waals surface area contributed by atoms with E-state index in [1.807, 2.05) is 12.1 Å². The summed E-state index contributed by atoms with van der Waals surface area (Å²) in [5.41, 5.74) is 0.679. The summed E-state index contributed by atoms with van der Waals surface area (Å²) in [5, 5.41) is 11.4. The van der Waals surface area contributed by atoms with Crippen molar-refractivity contribution >= 4 is 35.2 Å². The van der Waals surface area contributed by atoms with E-state index in [0.29, 0.717) is 36.4 Å². The molecule has 0 aromatic heterocycles. The highest BCUT2D eigenvalue weighted by atomic mass is 16.5. The van der Waals surface area contributed by atoms with Crippen LogP contribution in [0.4, 0.5) is 0 Å². The molecule has 0 bridgehead atoms. The van der Waals surface area contributed by atoms with Crippen LogP contribution in [0.2, 0.25) is 0 Å². The first-order valence-corrected chi connectivity index (χ1v) is 20.7. The lowest BCUT2D eigenvalue weighted by atomic mass is 9.76. The molecule has 5 rings (SSSR count). The van der Waals surface area contributed by atoms with Crippen molar-refractivity contribution < 1.29 is 38.2 Å². The predicted molar refractivity (Wildman–Crippen MR) is 222 cm³/mol. The van der Waals surface area contributed by atoms with Crippen LogP contribution >= 0.6 is 0 Å². The molecule has 0 aliphatic carbocycles. The first kappa shape index (κ1) is 46.2. The van der Waals surface area contributed by atoms with E-state index in [-0.39, 0.29) is 71.4 Å². The van der Waals surface area contributed by atoms with Gasteiger partial charge in [-0.25, -0.2) is 0 Å². The number of carbonyl (C=O) groups is 6. The van der Waals surface area contributed by atoms with Crippen LogP contribution in [0.15, 0.2) is 60.7 Å². The Morgan fingerprint density at radius 3 is 1.66 bits per heavy atom. The van der Waals surface area contributed by atoms with E-state index in [1.165, 1.54) is 0 Å². The average molecular weight is 804 g/mol. The molecule has 58 heavy (non-hydrogen) atoms. The Morgan fingerprint density at radius 2 is 1.19 bits per heavy atom. The van der Waals surface area contributed by atoms with Gasteiger partial charge < -0.3 is 35.6 Å². The zero-order chi connectivity index (χ0) is 42.6. The lowest BCUT2D eigenvalue weighted by Crippen LogP contribution is -2.55. The quantitative estimate of drug-likeness (QED) is 0.191. The molecule has 4 amide bonds. The van der Waals surface area contributed by atoms with Crippen LogP contribution < -0.4 is 21.3 Å². The first-order chi connectivity index (χ1) is 27.4. The minimum Gasteiger partial charge on any atom is -0.368 e. The molecule has 13 nitrogen and oxygen atoms in total. The number of likely N-dealkylation sites (tertiary alicyclic amines) is 1. The Hall–Kier alpha value is -4.46. The largest absolute Gasteiger partial charge is 0.368 e. The van der Waals surface area contributed by atoms with E-state index in [2.05, 4.69) is 74.6 Å². The number of carbonyl (C=O) groups excluding carboxylic acids is 6. The van der Waals surface area contributed by atoms with Crippen LogP contribution in [0.5, 0.6) is 0 Å². The molecule has 0 radical (unpaired) electrons. The van der Waals surface area contributed by atoms with Gasteiger partial charge in [0.2, 0.25) is 11.8 Å². The predicted octanol–water partition coefficient (Wildman–Crippen LogP) is 4.49. The number of nitrogens with one attached hydrogen (secondary N) is 4. The summed E-state index contributed by atoms with van der Waals surface area (Å²) in [4.78, 5) is 78.2. The van der Waals surface area contributed by atoms with Gasteiger partial charge >= 0.3 is 0 Å². The average Bonchev–Trinajstić information content (AvgIpc) is 3.92. The fourth-order valence-corrected chi connectivity index (χ4v) is 7.04. The highest BCUT2D eigenvalue weighted by Crippen LogP contribution is 2.32. The molecule has 0 saturated carbocycles. The second-order valence-electron chi connectivity index (χ2n) is 17.6. The Kier molecular flexibility index (Phi) is 16.7. The van der Waals surface area contributed by atoms with Gasteiger partial charge in [-0.15, -0.1) is 0 Å². The van der Waals surface area contributed by atoms with Gasteiger partial charge in [-0.2, -0.15) is 0 Å². The second kappa shape index (κ2) is 21.0. The van der Waals surface area contributed by atoms with Crippen molar-refractivity contribution in [1.29, 1.82) is 0 Å². The van der Waals surface area contributed by atoms with Gasteiger partial charge in [0.25, 0.3) is 11.8 Å². The summed E-state index contributed by atoms with van der Waals surface area (Å²) >= 11 is 0. The molecule has 2 aromatic carbocycles. The highest BCUT2D eigenvalue weighted by molar-refractivity contribution is 6.00. The summed E-state index contributed by atoms with van der Waals surface area (Å²) in [5.74, 6) is -1.23. The van der Waals surface area contributed by atoms with Crippen LogP contribution in [0.25, 0.3) is 0 Å². The normalized spacial score (nSPS) is 22.2. The van der Waals surface area contributed by atoms with E-state index in [0.717, 1.165) is 32.4 Å². The van der Waals surface area contributed by atoms with Crippen molar-refractivity contribution in [2.24, 2.45) is 16.7 Å². The number of hydrogen-bond donors (Lipinski definition) is 4. The Labute approximate surface area is 344 Å². The molecule has 3 saturated heterocycles. The molecule has 3 aliphatic heterocycles. The number of nitrogens with zero attached hydrogens (tertiary/aromatic N) is 1. The number of amides is 4. The zero-order valence-electron chi connectivity index (χ0n) is 35.6. The first-order valence-electron chi connectivity index (χ1n) is 20.7. The van der Waals surface area contributed by atoms with Crippen LogP contribution in [-0.2, 0) is 28.7 Å². The Balaban J connectivity index is 0.000000259. The highest BCUT2D eigenvalue weighted by Gasteiger charge is 2.41. The van der Waals surface area contributed by atoms with Crippen molar-refractivity contribution in [3.8, 4) is 0 Å². The van der Waals surface area contributed by atoms with E-state index in [4.69, 9.17) is 9.47 Å². The second-order valence-corrected chi connectivity index (χ2v) is 17.6. The SMILES string of the molecule is CC(C)C(C)(C)C[C@H](NC(=O)c1ccccc1)C(=O)N[C@@H]1C(=O)CO[C@H]1C.CCC(C)(C)C[C@H](NC(=O)c1ccccc1)C(=O)NC1C(=O)COC1CN1CCCC1. The van der Waals surface area contributed by atoms with Gasteiger partial charge in [0.15, 0.2) is 11.6 Å². The van der Waals surface area contributed by atoms with Crippen LogP contribution in [0.3, 0.4) is 0 Å². The van der Waals surface area contributed by atoms with Gasteiger partial charge in [-0.1, -0.05) is 91.3 Å². The third kappa shape index (κ3) is 13.3. The van der Waals surface area contributed by atoms with Gasteiger partial charge in [0, 0.05) is 17.7 Å². The smallest absolute Gasteiger partial charge is 0.251 e. The summed E-state index contributed by atoms with van der Waals surface area (Å²) in [7, 11) is 0. The molecule has 318 valence electrons. The minimum atomic E-state index is -0.740. The Bertz CT molecular complexity index is 1710. The standard InChI is InChI=1S/C24H35N3O4.C21H30N2O4/c1-4-24(2,3)14-18(25-22(29)17-10-6-5-7-11-17)23(30)26-21-19(28)16-31-20(21)15-27-12-8-9-13-27;1-13(2)21(4,5)11-16(22-19(25)15-9-7-6-8-10-15)20(26)23-18-14(3)27-12-17(18)24/h5-7,10-11,18,20-21H,4,8-9,12-16H2,1-3H3,(H,25,29)(H,26,30);6-10,13-14,16,18H,11-12H2,1-5H3,(H,22,25)(H,23,26)/t18-,20?,21?;14-,16-,18-/m00/s1. The fourth-order valence-electron chi connectivity index (χ4n) is 7.04. The number of Topliss-reactive ketones (excluding diaryl/α,β-unsaturated/α-hetero) is 2. The number of ketones is 2. The number of rotatable bonds is 16. The Morgan fingerprint density at radius 1 is 0.724 bits per heavy atom. The van der Waals surface area contributed by atoms with Crippen LogP contribution in [0.1, 0.15) is 108 Å². The molecule has 0 spiro atoms. The van der Waals surface area contributed by atoms with E-state index in [1.54, 1.807) is 55.5 Å². The molecule has 2 unspecified atom stereocenters. The maximum atomic E-state index is 13.2. The third-order valence-corrected chi connectivity index (χ3v) is 12.0. The maximum absolute atomic E-state index is 13.2. The number of benzene rings is 2. The molecule has 13 heteroatoms. The topological polar surface area (TPSA) is 172 Å². The van der Waals surface area contributed by atoms with Gasteiger partial charge in [0.1, 0.15) is 37.4 Å². The van der Waals surface area contributed by atoms with E-state index >= 15 is 0 Å². The molecule has 3 heterocycles. The van der Waals surface area contributed by atoms with Crippen LogP contribution in [-0.4, -0.2) is 109 Å². The lowest BCUT2D eigenvalue weighted by Gasteiger charge is -2.33. The molecule has 3 aliphatic rings. The van der Waals surface area contributed by atoms with Crippen molar-refractivity contribution in [3.05, 3.63) is 71.8 Å². The van der Waals surface area contributed by atoms with Crippen molar-refractivity contribution in [1.82, 2.24) is 26.2 Å². The third-order valence-electron chi connectivity index (χ3n) is 12.0. The number of ether oxygens (including phenoxy) is 2. The van der Waals surface area contributed by atoms with Crippen molar-refractivity contribution in [2.75, 3.05) is 32.8 Å². The summed E-state index contributed by atoms with van der Waals surface area (Å²) in [6.07, 6.45) is 3.39. The van der Waals surface area contributed by atoms with Gasteiger partial charge in [0.05, 0.1) is 12.2 Å². The summed E-state index contributed by atoms with van der Waals surface area (Å²) in [6, 6.07) is 14.8. The minimum absolute atomic E-state index is 0.00460. The van der Waals surface area contributed by atoms with Crippen molar-refractivity contribution in [3.63, 3.8) is 0 Å². The summed E-state index contributed by atoms with van der Waals surface area (Å²) < 4.78 is 11.0. The molecular formula is C45H65N5O8. The number of hydrogen-bond acceptors (Lipinski definition) is 9. The lowest BCUT2D eigenvalue weighted by molar-refractivity contribution is -0.128. The van der Waals surface area contributed by atoms with Crippen molar-refractivity contribution in [2.45, 2.75) is 124 Å². The van der Waals surface area contributed by atoms with Gasteiger partial charge in [-0.3, -0.25) is 28.8 Å².